The number of nitrogens with one attached hydrogen (secondary N) is 2. The van der Waals surface area contributed by atoms with Crippen molar-refractivity contribution in [1.29, 1.82) is 0 Å². The number of benzene rings is 2. The third-order valence-electron chi connectivity index (χ3n) is 3.67. The summed E-state index contributed by atoms with van der Waals surface area (Å²) in [5.41, 5.74) is 1.28. The van der Waals surface area contributed by atoms with Crippen molar-refractivity contribution < 1.29 is 13.2 Å². The lowest BCUT2D eigenvalue weighted by atomic mass is 10.3. The van der Waals surface area contributed by atoms with Gasteiger partial charge in [0, 0.05) is 5.69 Å². The van der Waals surface area contributed by atoms with E-state index >= 15 is 0 Å². The Bertz CT molecular complexity index is 1200. The van der Waals surface area contributed by atoms with E-state index in [9.17, 15) is 13.2 Å². The highest BCUT2D eigenvalue weighted by Crippen LogP contribution is 2.30. The number of sulfonamides is 1. The minimum atomic E-state index is -3.69. The van der Waals surface area contributed by atoms with Crippen LogP contribution in [-0.2, 0) is 10.0 Å². The van der Waals surface area contributed by atoms with Crippen molar-refractivity contribution >= 4 is 59.6 Å². The van der Waals surface area contributed by atoms with E-state index in [1.807, 2.05) is 11.4 Å². The molecule has 0 spiro atoms. The number of fused-ring (bicyclic) bond motifs is 1. The van der Waals surface area contributed by atoms with Crippen LogP contribution in [0, 0.1) is 0 Å². The summed E-state index contributed by atoms with van der Waals surface area (Å²) >= 11 is 2.57. The van der Waals surface area contributed by atoms with E-state index in [2.05, 4.69) is 15.0 Å². The Kier molecular flexibility index (Phi) is 4.65. The maximum Gasteiger partial charge on any atom is 0.265 e. The lowest BCUT2D eigenvalue weighted by Crippen LogP contribution is -2.12. The number of carbonyl (C=O) groups is 1. The average molecular weight is 416 g/mol. The number of carbonyl (C=O) groups excluding carboxylic acids is 1. The van der Waals surface area contributed by atoms with E-state index in [1.54, 1.807) is 42.5 Å². The zero-order chi connectivity index (χ0) is 18.9. The molecular formula is C18H13N3O3S3. The van der Waals surface area contributed by atoms with Gasteiger partial charge in [-0.15, -0.1) is 11.3 Å². The molecule has 0 radical (unpaired) electrons. The van der Waals surface area contributed by atoms with Crippen LogP contribution in [0.5, 0.6) is 0 Å². The fourth-order valence-corrected chi connectivity index (χ4v) is 5.20. The van der Waals surface area contributed by atoms with E-state index in [1.165, 1.54) is 34.8 Å². The number of hydrogen-bond acceptors (Lipinski definition) is 6. The van der Waals surface area contributed by atoms with E-state index in [-0.39, 0.29) is 15.9 Å². The van der Waals surface area contributed by atoms with Crippen molar-refractivity contribution in [3.8, 4) is 0 Å². The van der Waals surface area contributed by atoms with Gasteiger partial charge in [-0.25, -0.2) is 13.4 Å². The van der Waals surface area contributed by atoms with Gasteiger partial charge in [0.15, 0.2) is 5.13 Å². The molecule has 2 N–H and O–H groups in total. The number of thiazole rings is 1. The topological polar surface area (TPSA) is 88.2 Å². The van der Waals surface area contributed by atoms with Gasteiger partial charge in [0.05, 0.1) is 20.0 Å². The zero-order valence-electron chi connectivity index (χ0n) is 13.7. The van der Waals surface area contributed by atoms with Gasteiger partial charge in [-0.05, 0) is 41.8 Å². The molecule has 0 aliphatic carbocycles. The number of hydrogen-bond donors (Lipinski definition) is 2. The van der Waals surface area contributed by atoms with Gasteiger partial charge in [-0.2, -0.15) is 0 Å². The Balaban J connectivity index is 1.57. The molecule has 0 bridgehead atoms. The molecule has 9 heteroatoms. The van der Waals surface area contributed by atoms with Gasteiger partial charge in [-0.3, -0.25) is 9.52 Å². The molecule has 1 amide bonds. The summed E-state index contributed by atoms with van der Waals surface area (Å²) in [5.74, 6) is -0.182. The smallest absolute Gasteiger partial charge is 0.265 e. The van der Waals surface area contributed by atoms with E-state index in [0.29, 0.717) is 16.1 Å². The summed E-state index contributed by atoms with van der Waals surface area (Å²) in [7, 11) is -3.69. The van der Waals surface area contributed by atoms with Crippen LogP contribution < -0.4 is 10.0 Å². The molecule has 4 rings (SSSR count). The Labute approximate surface area is 163 Å². The van der Waals surface area contributed by atoms with Gasteiger partial charge in [0.2, 0.25) is 0 Å². The average Bonchev–Trinajstić information content (AvgIpc) is 3.31. The molecule has 0 aliphatic rings. The van der Waals surface area contributed by atoms with Crippen molar-refractivity contribution in [2.75, 3.05) is 10.0 Å². The Hall–Kier alpha value is -2.75. The van der Waals surface area contributed by atoms with E-state index in [4.69, 9.17) is 0 Å². The molecule has 2 aromatic heterocycles. The molecule has 0 saturated heterocycles. The monoisotopic (exact) mass is 415 g/mol. The predicted molar refractivity (Wildman–Crippen MR) is 109 cm³/mol. The molecule has 0 atom stereocenters. The number of rotatable bonds is 5. The van der Waals surface area contributed by atoms with Gasteiger partial charge in [0.1, 0.15) is 0 Å². The lowest BCUT2D eigenvalue weighted by molar-refractivity contribution is 0.103. The summed E-state index contributed by atoms with van der Waals surface area (Å²) in [6.07, 6.45) is 0. The number of amides is 1. The second kappa shape index (κ2) is 7.10. The molecule has 2 aromatic carbocycles. The maximum atomic E-state index is 12.4. The minimum absolute atomic E-state index is 0.174. The first kappa shape index (κ1) is 17.7. The summed E-state index contributed by atoms with van der Waals surface area (Å²) in [4.78, 5) is 17.3. The molecule has 0 fully saturated rings. The van der Waals surface area contributed by atoms with E-state index < -0.39 is 10.0 Å². The van der Waals surface area contributed by atoms with Crippen LogP contribution in [0.2, 0.25) is 0 Å². The minimum Gasteiger partial charge on any atom is -0.321 e. The third-order valence-corrected chi connectivity index (χ3v) is 6.95. The van der Waals surface area contributed by atoms with Crippen molar-refractivity contribution in [1.82, 2.24) is 4.98 Å². The quantitative estimate of drug-likeness (QED) is 0.505. The summed E-state index contributed by atoms with van der Waals surface area (Å²) < 4.78 is 28.1. The maximum absolute atomic E-state index is 12.4. The second-order valence-corrected chi connectivity index (χ2v) is 9.21. The SMILES string of the molecule is O=C(Nc1ccc2nc(NS(=O)(=O)c3ccccc3)sc2c1)c1cccs1. The van der Waals surface area contributed by atoms with Gasteiger partial charge in [-0.1, -0.05) is 35.6 Å². The molecular weight excluding hydrogens is 402 g/mol. The van der Waals surface area contributed by atoms with E-state index in [0.717, 1.165) is 4.70 Å². The summed E-state index contributed by atoms with van der Waals surface area (Å²) in [6, 6.07) is 17.0. The molecule has 0 unspecified atom stereocenters. The molecule has 0 saturated carbocycles. The number of aromatic nitrogens is 1. The summed E-state index contributed by atoms with van der Waals surface area (Å²) in [5, 5.41) is 4.94. The predicted octanol–water partition coefficient (Wildman–Crippen LogP) is 4.41. The van der Waals surface area contributed by atoms with Crippen LogP contribution in [0.25, 0.3) is 10.2 Å². The molecule has 27 heavy (non-hydrogen) atoms. The molecule has 4 aromatic rings. The fraction of sp³-hybridized carbons (Fsp3) is 0. The largest absolute Gasteiger partial charge is 0.321 e. The van der Waals surface area contributed by atoms with Gasteiger partial charge >= 0.3 is 0 Å². The normalized spacial score (nSPS) is 11.4. The highest BCUT2D eigenvalue weighted by atomic mass is 32.2. The Morgan fingerprint density at radius 2 is 1.81 bits per heavy atom. The van der Waals surface area contributed by atoms with Crippen LogP contribution in [0.15, 0.2) is 70.9 Å². The van der Waals surface area contributed by atoms with Crippen LogP contribution in [-0.4, -0.2) is 19.3 Å². The molecule has 0 aliphatic heterocycles. The summed E-state index contributed by atoms with van der Waals surface area (Å²) in [6.45, 7) is 0. The van der Waals surface area contributed by atoms with Crippen LogP contribution in [0.4, 0.5) is 10.8 Å². The Morgan fingerprint density at radius 1 is 1.00 bits per heavy atom. The number of thiophene rings is 1. The Morgan fingerprint density at radius 3 is 2.56 bits per heavy atom. The van der Waals surface area contributed by atoms with Crippen LogP contribution in [0.1, 0.15) is 9.67 Å². The molecule has 6 nitrogen and oxygen atoms in total. The van der Waals surface area contributed by atoms with Crippen LogP contribution in [0.3, 0.4) is 0 Å². The van der Waals surface area contributed by atoms with Gasteiger partial charge < -0.3 is 5.32 Å². The third kappa shape index (κ3) is 3.85. The second-order valence-electron chi connectivity index (χ2n) is 5.55. The first-order chi connectivity index (χ1) is 13.0. The number of nitrogens with zero attached hydrogens (tertiary/aromatic N) is 1. The first-order valence-electron chi connectivity index (χ1n) is 7.85. The molecule has 2 heterocycles. The highest BCUT2D eigenvalue weighted by molar-refractivity contribution is 7.93. The van der Waals surface area contributed by atoms with Crippen molar-refractivity contribution in [3.63, 3.8) is 0 Å². The first-order valence-corrected chi connectivity index (χ1v) is 11.0. The van der Waals surface area contributed by atoms with Crippen molar-refractivity contribution in [3.05, 3.63) is 70.9 Å². The molecule has 136 valence electrons. The zero-order valence-corrected chi connectivity index (χ0v) is 16.2. The van der Waals surface area contributed by atoms with Crippen LogP contribution >= 0.6 is 22.7 Å². The van der Waals surface area contributed by atoms with Gasteiger partial charge in [0.25, 0.3) is 15.9 Å². The highest BCUT2D eigenvalue weighted by Gasteiger charge is 2.16. The standard InChI is InChI=1S/C18H13N3O3S3/c22-17(15-7-4-10-25-15)19-12-8-9-14-16(11-12)26-18(20-14)21-27(23,24)13-5-2-1-3-6-13/h1-11H,(H,19,22)(H,20,21). The number of anilines is 2. The van der Waals surface area contributed by atoms with Crippen molar-refractivity contribution in [2.24, 2.45) is 0 Å². The van der Waals surface area contributed by atoms with Crippen molar-refractivity contribution in [2.45, 2.75) is 4.90 Å². The fourth-order valence-electron chi connectivity index (χ4n) is 2.42. The lowest BCUT2D eigenvalue weighted by Gasteiger charge is -2.03.